The smallest absolute Gasteiger partial charge is 0.263 e. The second kappa shape index (κ2) is 5.73. The quantitative estimate of drug-likeness (QED) is 0.832. The van der Waals surface area contributed by atoms with Gasteiger partial charge in [-0.1, -0.05) is 34.1 Å². The van der Waals surface area contributed by atoms with Crippen LogP contribution in [0, 0.1) is 0 Å². The van der Waals surface area contributed by atoms with E-state index >= 15 is 0 Å². The molecule has 0 amide bonds. The van der Waals surface area contributed by atoms with Gasteiger partial charge in [-0.25, -0.2) is 8.78 Å². The molecule has 0 radical (unpaired) electrons. The monoisotopic (exact) mass is 353 g/mol. The van der Waals surface area contributed by atoms with E-state index in [4.69, 9.17) is 10.5 Å². The van der Waals surface area contributed by atoms with E-state index in [1.165, 1.54) is 12.1 Å². The highest BCUT2D eigenvalue weighted by Gasteiger charge is 2.27. The van der Waals surface area contributed by atoms with Crippen LogP contribution in [-0.4, -0.2) is 0 Å². The van der Waals surface area contributed by atoms with Gasteiger partial charge in [-0.05, 0) is 29.8 Å². The van der Waals surface area contributed by atoms with E-state index in [0.717, 1.165) is 15.6 Å². The minimum absolute atomic E-state index is 0.00581. The predicted octanol–water partition coefficient (Wildman–Crippen LogP) is 4.91. The maximum Gasteiger partial charge on any atom is 0.263 e. The van der Waals surface area contributed by atoms with Crippen LogP contribution in [0.3, 0.4) is 0 Å². The number of ether oxygens (including phenoxy) is 1. The topological polar surface area (TPSA) is 35.2 Å². The summed E-state index contributed by atoms with van der Waals surface area (Å²) in [6, 6.07) is 11.8. The SMILES string of the molecule is N[C@H]1CC(c2cccc(C(F)F)c2)Oc2ccc(Br)cc21. The van der Waals surface area contributed by atoms with Crippen LogP contribution in [0.25, 0.3) is 0 Å². The van der Waals surface area contributed by atoms with E-state index in [2.05, 4.69) is 15.9 Å². The molecule has 0 aromatic heterocycles. The fraction of sp³-hybridized carbons (Fsp3) is 0.250. The third kappa shape index (κ3) is 2.94. The molecule has 1 unspecified atom stereocenters. The molecule has 5 heteroatoms. The summed E-state index contributed by atoms with van der Waals surface area (Å²) in [6.07, 6.45) is -2.21. The van der Waals surface area contributed by atoms with Gasteiger partial charge in [-0.15, -0.1) is 0 Å². The molecule has 2 atom stereocenters. The molecule has 0 saturated heterocycles. The molecular weight excluding hydrogens is 340 g/mol. The summed E-state index contributed by atoms with van der Waals surface area (Å²) in [5.74, 6) is 0.712. The van der Waals surface area contributed by atoms with Crippen molar-refractivity contribution in [1.29, 1.82) is 0 Å². The highest BCUT2D eigenvalue weighted by atomic mass is 79.9. The average Bonchev–Trinajstić information content (AvgIpc) is 2.48. The van der Waals surface area contributed by atoms with E-state index < -0.39 is 6.43 Å². The Morgan fingerprint density at radius 2 is 2.00 bits per heavy atom. The summed E-state index contributed by atoms with van der Waals surface area (Å²) in [5, 5.41) is 0. The van der Waals surface area contributed by atoms with Crippen LogP contribution in [0.15, 0.2) is 46.9 Å². The Kier molecular flexibility index (Phi) is 3.95. The summed E-state index contributed by atoms with van der Waals surface area (Å²) in [6.45, 7) is 0. The van der Waals surface area contributed by atoms with Crippen LogP contribution >= 0.6 is 15.9 Å². The molecule has 1 aliphatic heterocycles. The third-order valence-corrected chi connectivity index (χ3v) is 4.14. The van der Waals surface area contributed by atoms with Crippen molar-refractivity contribution in [3.63, 3.8) is 0 Å². The van der Waals surface area contributed by atoms with E-state index in [-0.39, 0.29) is 17.7 Å². The second-order valence-corrected chi connectivity index (χ2v) is 6.02. The van der Waals surface area contributed by atoms with Gasteiger partial charge in [0.1, 0.15) is 11.9 Å². The highest BCUT2D eigenvalue weighted by Crippen LogP contribution is 2.41. The van der Waals surface area contributed by atoms with E-state index in [0.29, 0.717) is 12.2 Å². The average molecular weight is 354 g/mol. The lowest BCUT2D eigenvalue weighted by Gasteiger charge is -2.31. The van der Waals surface area contributed by atoms with E-state index in [9.17, 15) is 8.78 Å². The van der Waals surface area contributed by atoms with Gasteiger partial charge in [0.05, 0.1) is 0 Å². The number of alkyl halides is 2. The van der Waals surface area contributed by atoms with Crippen LogP contribution in [0.4, 0.5) is 8.78 Å². The molecule has 2 N–H and O–H groups in total. The van der Waals surface area contributed by atoms with Crippen molar-refractivity contribution >= 4 is 15.9 Å². The summed E-state index contributed by atoms with van der Waals surface area (Å²) in [7, 11) is 0. The van der Waals surface area contributed by atoms with Crippen molar-refractivity contribution in [2.75, 3.05) is 0 Å². The van der Waals surface area contributed by atoms with E-state index in [1.54, 1.807) is 12.1 Å². The molecule has 0 spiro atoms. The molecule has 3 rings (SSSR count). The van der Waals surface area contributed by atoms with Gasteiger partial charge < -0.3 is 10.5 Å². The molecule has 2 nitrogen and oxygen atoms in total. The molecule has 0 aliphatic carbocycles. The van der Waals surface area contributed by atoms with Crippen LogP contribution in [0.1, 0.15) is 41.7 Å². The molecule has 0 fully saturated rings. The van der Waals surface area contributed by atoms with Gasteiger partial charge in [0.2, 0.25) is 0 Å². The zero-order chi connectivity index (χ0) is 15.0. The third-order valence-electron chi connectivity index (χ3n) is 3.64. The zero-order valence-electron chi connectivity index (χ0n) is 11.1. The Labute approximate surface area is 130 Å². The molecule has 0 bridgehead atoms. The zero-order valence-corrected chi connectivity index (χ0v) is 12.7. The number of hydrogen-bond donors (Lipinski definition) is 1. The molecule has 21 heavy (non-hydrogen) atoms. The maximum atomic E-state index is 12.8. The molecule has 2 aromatic carbocycles. The highest BCUT2D eigenvalue weighted by molar-refractivity contribution is 9.10. The van der Waals surface area contributed by atoms with Gasteiger partial charge >= 0.3 is 0 Å². The summed E-state index contributed by atoms with van der Waals surface area (Å²) < 4.78 is 32.5. The first-order chi connectivity index (χ1) is 10.0. The molecular formula is C16H14BrF2NO. The predicted molar refractivity (Wildman–Crippen MR) is 80.5 cm³/mol. The van der Waals surface area contributed by atoms with Crippen LogP contribution in [0.2, 0.25) is 0 Å². The number of hydrogen-bond acceptors (Lipinski definition) is 2. The summed E-state index contributed by atoms with van der Waals surface area (Å²) in [5.41, 5.74) is 7.87. The fourth-order valence-electron chi connectivity index (χ4n) is 2.57. The molecule has 0 saturated carbocycles. The standard InChI is InChI=1S/C16H14BrF2NO/c17-11-4-5-14-12(7-11)13(20)8-15(21-14)9-2-1-3-10(6-9)16(18)19/h1-7,13,15-16H,8,20H2/t13-,15?/m0/s1. The van der Waals surface area contributed by atoms with Crippen LogP contribution < -0.4 is 10.5 Å². The van der Waals surface area contributed by atoms with Gasteiger partial charge in [-0.3, -0.25) is 0 Å². The Balaban J connectivity index is 1.92. The number of rotatable bonds is 2. The second-order valence-electron chi connectivity index (χ2n) is 5.10. The van der Waals surface area contributed by atoms with Crippen molar-refractivity contribution in [3.05, 3.63) is 63.6 Å². The summed E-state index contributed by atoms with van der Waals surface area (Å²) >= 11 is 3.41. The number of halogens is 3. The van der Waals surface area contributed by atoms with Crippen molar-refractivity contribution in [1.82, 2.24) is 0 Å². The van der Waals surface area contributed by atoms with Gasteiger partial charge in [0, 0.05) is 28.1 Å². The maximum absolute atomic E-state index is 12.8. The first kappa shape index (κ1) is 14.5. The van der Waals surface area contributed by atoms with Gasteiger partial charge in [0.25, 0.3) is 6.43 Å². The molecule has 110 valence electrons. The largest absolute Gasteiger partial charge is 0.485 e. The van der Waals surface area contributed by atoms with Gasteiger partial charge in [0.15, 0.2) is 0 Å². The Morgan fingerprint density at radius 3 is 2.76 bits per heavy atom. The van der Waals surface area contributed by atoms with Gasteiger partial charge in [-0.2, -0.15) is 0 Å². The number of fused-ring (bicyclic) bond motifs is 1. The van der Waals surface area contributed by atoms with Crippen molar-refractivity contribution in [2.45, 2.75) is 25.0 Å². The minimum atomic E-state index is -2.48. The van der Waals surface area contributed by atoms with Crippen molar-refractivity contribution in [2.24, 2.45) is 5.73 Å². The van der Waals surface area contributed by atoms with Crippen molar-refractivity contribution < 1.29 is 13.5 Å². The first-order valence-corrected chi connectivity index (χ1v) is 7.43. The lowest BCUT2D eigenvalue weighted by atomic mass is 9.93. The Hall–Kier alpha value is -1.46. The number of benzene rings is 2. The first-order valence-electron chi connectivity index (χ1n) is 6.64. The minimum Gasteiger partial charge on any atom is -0.485 e. The molecule has 1 heterocycles. The Morgan fingerprint density at radius 1 is 1.19 bits per heavy atom. The number of nitrogens with two attached hydrogens (primary N) is 1. The Bertz CT molecular complexity index is 662. The molecule has 2 aromatic rings. The lowest BCUT2D eigenvalue weighted by molar-refractivity contribution is 0.148. The van der Waals surface area contributed by atoms with Crippen molar-refractivity contribution in [3.8, 4) is 5.75 Å². The van der Waals surface area contributed by atoms with E-state index in [1.807, 2.05) is 18.2 Å². The lowest BCUT2D eigenvalue weighted by Crippen LogP contribution is -2.24. The van der Waals surface area contributed by atoms with Crippen LogP contribution in [-0.2, 0) is 0 Å². The molecule has 1 aliphatic rings. The fourth-order valence-corrected chi connectivity index (χ4v) is 2.95. The van der Waals surface area contributed by atoms with Crippen LogP contribution in [0.5, 0.6) is 5.75 Å². The summed E-state index contributed by atoms with van der Waals surface area (Å²) in [4.78, 5) is 0. The normalized spacial score (nSPS) is 21.0.